The Morgan fingerprint density at radius 3 is 2.56 bits per heavy atom. The molecule has 0 saturated heterocycles. The third-order valence-corrected chi connectivity index (χ3v) is 4.31. The number of amides is 1. The van der Waals surface area contributed by atoms with Crippen LogP contribution in [0.5, 0.6) is 0 Å². The van der Waals surface area contributed by atoms with Gasteiger partial charge in [0.25, 0.3) is 5.91 Å². The average molecular weight is 359 g/mol. The molecule has 3 aromatic rings. The maximum Gasteiger partial charge on any atom is 0.278 e. The van der Waals surface area contributed by atoms with E-state index in [-0.39, 0.29) is 16.6 Å². The molecule has 5 nitrogen and oxygen atoms in total. The molecule has 1 N–H and O–H groups in total. The van der Waals surface area contributed by atoms with Gasteiger partial charge < -0.3 is 5.32 Å². The summed E-state index contributed by atoms with van der Waals surface area (Å²) in [5.74, 6) is -0.879. The number of aromatic nitrogens is 3. The monoisotopic (exact) mass is 358 g/mol. The normalized spacial score (nSPS) is 10.8. The second-order valence-corrected chi connectivity index (χ2v) is 6.19. The number of aryl methyl sites for hydroxylation is 2. The van der Waals surface area contributed by atoms with E-state index in [1.807, 2.05) is 32.0 Å². The molecule has 0 atom stereocenters. The van der Waals surface area contributed by atoms with Crippen molar-refractivity contribution in [3.05, 3.63) is 69.8 Å². The Hall–Kier alpha value is -2.73. The number of rotatable bonds is 3. The summed E-state index contributed by atoms with van der Waals surface area (Å²) in [4.78, 5) is 12.5. The van der Waals surface area contributed by atoms with Gasteiger partial charge in [0.1, 0.15) is 5.82 Å². The first-order chi connectivity index (χ1) is 11.9. The Kier molecular flexibility index (Phi) is 4.55. The van der Waals surface area contributed by atoms with Gasteiger partial charge in [-0.1, -0.05) is 22.9 Å². The van der Waals surface area contributed by atoms with Gasteiger partial charge in [0.05, 0.1) is 16.4 Å². The van der Waals surface area contributed by atoms with Gasteiger partial charge in [0.2, 0.25) is 0 Å². The minimum atomic E-state index is -0.518. The fourth-order valence-electron chi connectivity index (χ4n) is 2.41. The highest BCUT2D eigenvalue weighted by atomic mass is 35.5. The zero-order chi connectivity index (χ0) is 18.1. The van der Waals surface area contributed by atoms with E-state index in [1.54, 1.807) is 6.92 Å². The van der Waals surface area contributed by atoms with Gasteiger partial charge >= 0.3 is 0 Å². The minimum Gasteiger partial charge on any atom is -0.321 e. The molecule has 0 aliphatic heterocycles. The lowest BCUT2D eigenvalue weighted by Gasteiger charge is -2.07. The summed E-state index contributed by atoms with van der Waals surface area (Å²) >= 11 is 5.80. The number of anilines is 1. The van der Waals surface area contributed by atoms with E-state index < -0.39 is 5.82 Å². The molecule has 7 heteroatoms. The van der Waals surface area contributed by atoms with Crippen LogP contribution in [0.1, 0.15) is 27.3 Å². The highest BCUT2D eigenvalue weighted by molar-refractivity contribution is 6.30. The van der Waals surface area contributed by atoms with Gasteiger partial charge in [-0.25, -0.2) is 9.07 Å². The molecule has 0 spiro atoms. The van der Waals surface area contributed by atoms with E-state index in [9.17, 15) is 9.18 Å². The summed E-state index contributed by atoms with van der Waals surface area (Å²) in [7, 11) is 0. The van der Waals surface area contributed by atoms with E-state index in [4.69, 9.17) is 11.6 Å². The van der Waals surface area contributed by atoms with Crippen molar-refractivity contribution >= 4 is 23.2 Å². The fraction of sp³-hybridized carbons (Fsp3) is 0.167. The van der Waals surface area contributed by atoms with E-state index in [2.05, 4.69) is 15.6 Å². The van der Waals surface area contributed by atoms with Crippen molar-refractivity contribution in [3.8, 4) is 5.69 Å². The smallest absolute Gasteiger partial charge is 0.278 e. The highest BCUT2D eigenvalue weighted by Crippen LogP contribution is 2.21. The van der Waals surface area contributed by atoms with Gasteiger partial charge in [-0.15, -0.1) is 5.10 Å². The molecular formula is C18H16ClFN4O. The van der Waals surface area contributed by atoms with Crippen LogP contribution in [0.25, 0.3) is 5.69 Å². The zero-order valence-corrected chi connectivity index (χ0v) is 14.7. The van der Waals surface area contributed by atoms with Crippen LogP contribution in [0.2, 0.25) is 5.02 Å². The SMILES string of the molecule is Cc1ccc(NC(=O)c2nnn(-c3ccc(F)c(Cl)c3)c2C)cc1C. The zero-order valence-electron chi connectivity index (χ0n) is 14.0. The third kappa shape index (κ3) is 3.39. The van der Waals surface area contributed by atoms with E-state index >= 15 is 0 Å². The number of halogens is 2. The quantitative estimate of drug-likeness (QED) is 0.761. The molecule has 0 unspecified atom stereocenters. The number of hydrogen-bond acceptors (Lipinski definition) is 3. The Morgan fingerprint density at radius 2 is 1.88 bits per heavy atom. The number of nitrogens with one attached hydrogen (secondary N) is 1. The molecule has 1 heterocycles. The van der Waals surface area contributed by atoms with Crippen molar-refractivity contribution in [2.24, 2.45) is 0 Å². The molecule has 0 aliphatic carbocycles. The molecular weight excluding hydrogens is 343 g/mol. The molecule has 1 aromatic heterocycles. The summed E-state index contributed by atoms with van der Waals surface area (Å²) < 4.78 is 14.8. The van der Waals surface area contributed by atoms with Crippen LogP contribution < -0.4 is 5.32 Å². The number of benzene rings is 2. The highest BCUT2D eigenvalue weighted by Gasteiger charge is 2.18. The average Bonchev–Trinajstić information content (AvgIpc) is 2.95. The van der Waals surface area contributed by atoms with Gasteiger partial charge in [0, 0.05) is 5.69 Å². The van der Waals surface area contributed by atoms with E-state index in [0.29, 0.717) is 17.1 Å². The molecule has 128 valence electrons. The Bertz CT molecular complexity index is 968. The van der Waals surface area contributed by atoms with Crippen molar-refractivity contribution in [1.29, 1.82) is 0 Å². The standard InChI is InChI=1S/C18H16ClFN4O/c1-10-4-5-13(8-11(10)2)21-18(25)17-12(3)24(23-22-17)14-6-7-16(20)15(19)9-14/h4-9H,1-3H3,(H,21,25). The van der Waals surface area contributed by atoms with Gasteiger partial charge in [0.15, 0.2) is 5.69 Å². The molecule has 3 rings (SSSR count). The first-order valence-corrected chi connectivity index (χ1v) is 8.01. The number of carbonyl (C=O) groups is 1. The number of hydrogen-bond donors (Lipinski definition) is 1. The van der Waals surface area contributed by atoms with Gasteiger partial charge in [-0.05, 0) is 62.2 Å². The van der Waals surface area contributed by atoms with Crippen molar-refractivity contribution in [2.45, 2.75) is 20.8 Å². The second-order valence-electron chi connectivity index (χ2n) is 5.79. The van der Waals surface area contributed by atoms with Crippen LogP contribution in [-0.2, 0) is 0 Å². The summed E-state index contributed by atoms with van der Waals surface area (Å²) in [6, 6.07) is 9.87. The topological polar surface area (TPSA) is 59.8 Å². The van der Waals surface area contributed by atoms with Crippen molar-refractivity contribution in [3.63, 3.8) is 0 Å². The molecule has 1 amide bonds. The van der Waals surface area contributed by atoms with Crippen LogP contribution in [0.4, 0.5) is 10.1 Å². The Morgan fingerprint density at radius 1 is 1.12 bits per heavy atom. The van der Waals surface area contributed by atoms with E-state index in [0.717, 1.165) is 11.1 Å². The van der Waals surface area contributed by atoms with Crippen molar-refractivity contribution < 1.29 is 9.18 Å². The maximum atomic E-state index is 13.3. The van der Waals surface area contributed by atoms with Gasteiger partial charge in [-0.2, -0.15) is 0 Å². The Balaban J connectivity index is 1.88. The number of carbonyl (C=O) groups excluding carboxylic acids is 1. The predicted molar refractivity (Wildman–Crippen MR) is 94.9 cm³/mol. The lowest BCUT2D eigenvalue weighted by molar-refractivity contribution is 0.102. The van der Waals surface area contributed by atoms with E-state index in [1.165, 1.54) is 22.9 Å². The first-order valence-electron chi connectivity index (χ1n) is 7.63. The van der Waals surface area contributed by atoms with Crippen LogP contribution in [0.15, 0.2) is 36.4 Å². The summed E-state index contributed by atoms with van der Waals surface area (Å²) in [5.41, 5.74) is 4.17. The fourth-order valence-corrected chi connectivity index (χ4v) is 2.59. The van der Waals surface area contributed by atoms with Crippen LogP contribution >= 0.6 is 11.6 Å². The molecule has 2 aromatic carbocycles. The van der Waals surface area contributed by atoms with Crippen LogP contribution in [0.3, 0.4) is 0 Å². The largest absolute Gasteiger partial charge is 0.321 e. The van der Waals surface area contributed by atoms with Crippen LogP contribution in [-0.4, -0.2) is 20.9 Å². The molecule has 0 fully saturated rings. The summed E-state index contributed by atoms with van der Waals surface area (Å²) in [5, 5.41) is 10.7. The second kappa shape index (κ2) is 6.64. The molecule has 0 radical (unpaired) electrons. The lowest BCUT2D eigenvalue weighted by atomic mass is 10.1. The molecule has 0 saturated carbocycles. The van der Waals surface area contributed by atoms with Crippen molar-refractivity contribution in [2.75, 3.05) is 5.32 Å². The lowest BCUT2D eigenvalue weighted by Crippen LogP contribution is -2.14. The minimum absolute atomic E-state index is 0.0199. The molecule has 0 bridgehead atoms. The summed E-state index contributed by atoms with van der Waals surface area (Å²) in [6.45, 7) is 5.70. The number of nitrogens with zero attached hydrogens (tertiary/aromatic N) is 3. The molecule has 0 aliphatic rings. The first kappa shape index (κ1) is 17.1. The predicted octanol–water partition coefficient (Wildman–Crippen LogP) is 4.24. The maximum absolute atomic E-state index is 13.3. The third-order valence-electron chi connectivity index (χ3n) is 4.02. The van der Waals surface area contributed by atoms with Crippen LogP contribution in [0, 0.1) is 26.6 Å². The van der Waals surface area contributed by atoms with Crippen molar-refractivity contribution in [1.82, 2.24) is 15.0 Å². The van der Waals surface area contributed by atoms with Gasteiger partial charge in [-0.3, -0.25) is 4.79 Å². The summed E-state index contributed by atoms with van der Waals surface area (Å²) in [6.07, 6.45) is 0. The molecule has 25 heavy (non-hydrogen) atoms. The Labute approximate surface area is 149 Å².